The Morgan fingerprint density at radius 3 is 2.63 bits per heavy atom. The first-order valence-electron chi connectivity index (χ1n) is 8.46. The molecule has 0 saturated carbocycles. The van der Waals surface area contributed by atoms with Gasteiger partial charge in [0.05, 0.1) is 4.92 Å². The molecule has 1 saturated heterocycles. The van der Waals surface area contributed by atoms with Crippen LogP contribution in [0.15, 0.2) is 24.4 Å². The standard InChI is InChI=1S/C17H19ClFN5O3/c1-12-16(24(26)27)9-20-23(12)11-17(25)22-7-5-21(6-8-22)10-13-14(18)3-2-4-15(13)19/h2-4,9H,5-8,10-11H2,1H3. The molecule has 2 heterocycles. The summed E-state index contributed by atoms with van der Waals surface area (Å²) in [5, 5.41) is 15.2. The molecule has 1 aromatic heterocycles. The zero-order valence-electron chi connectivity index (χ0n) is 14.8. The molecule has 0 atom stereocenters. The highest BCUT2D eigenvalue weighted by molar-refractivity contribution is 6.31. The zero-order chi connectivity index (χ0) is 19.6. The molecule has 0 spiro atoms. The van der Waals surface area contributed by atoms with Crippen LogP contribution in [-0.2, 0) is 17.9 Å². The van der Waals surface area contributed by atoms with Gasteiger partial charge in [0, 0.05) is 43.3 Å². The first-order chi connectivity index (χ1) is 12.9. The maximum absolute atomic E-state index is 13.9. The lowest BCUT2D eigenvalue weighted by Gasteiger charge is -2.35. The summed E-state index contributed by atoms with van der Waals surface area (Å²) in [6.45, 7) is 4.08. The molecule has 1 aromatic carbocycles. The van der Waals surface area contributed by atoms with E-state index < -0.39 is 4.92 Å². The van der Waals surface area contributed by atoms with Crippen molar-refractivity contribution in [1.82, 2.24) is 19.6 Å². The van der Waals surface area contributed by atoms with E-state index in [1.54, 1.807) is 24.0 Å². The van der Waals surface area contributed by atoms with E-state index in [0.29, 0.717) is 49.0 Å². The van der Waals surface area contributed by atoms with Crippen LogP contribution < -0.4 is 0 Å². The Kier molecular flexibility index (Phi) is 5.71. The minimum absolute atomic E-state index is 0.0428. The molecule has 8 nitrogen and oxygen atoms in total. The van der Waals surface area contributed by atoms with E-state index >= 15 is 0 Å². The Morgan fingerprint density at radius 2 is 2.04 bits per heavy atom. The van der Waals surface area contributed by atoms with Crippen molar-refractivity contribution in [3.63, 3.8) is 0 Å². The number of hydrogen-bond acceptors (Lipinski definition) is 5. The summed E-state index contributed by atoms with van der Waals surface area (Å²) in [5.41, 5.74) is 0.703. The topological polar surface area (TPSA) is 84.5 Å². The smallest absolute Gasteiger partial charge is 0.309 e. The van der Waals surface area contributed by atoms with Crippen LogP contribution in [0.25, 0.3) is 0 Å². The summed E-state index contributed by atoms with van der Waals surface area (Å²) >= 11 is 6.07. The fourth-order valence-corrected chi connectivity index (χ4v) is 3.29. The fourth-order valence-electron chi connectivity index (χ4n) is 3.07. The molecule has 1 aliphatic heterocycles. The number of rotatable bonds is 5. The number of nitrogens with zero attached hydrogens (tertiary/aromatic N) is 5. The van der Waals surface area contributed by atoms with Gasteiger partial charge >= 0.3 is 5.69 Å². The quantitative estimate of drug-likeness (QED) is 0.572. The largest absolute Gasteiger partial charge is 0.339 e. The van der Waals surface area contributed by atoms with E-state index in [0.717, 1.165) is 6.20 Å². The number of nitro groups is 1. The third kappa shape index (κ3) is 4.25. The van der Waals surface area contributed by atoms with Gasteiger partial charge in [-0.1, -0.05) is 17.7 Å². The minimum Gasteiger partial charge on any atom is -0.339 e. The van der Waals surface area contributed by atoms with Crippen molar-refractivity contribution < 1.29 is 14.1 Å². The molecule has 1 aliphatic rings. The van der Waals surface area contributed by atoms with Gasteiger partial charge in [-0.3, -0.25) is 24.5 Å². The average Bonchev–Trinajstić information content (AvgIpc) is 2.99. The molecular formula is C17H19ClFN5O3. The Hall–Kier alpha value is -2.52. The van der Waals surface area contributed by atoms with Crippen molar-refractivity contribution in [2.45, 2.75) is 20.0 Å². The summed E-state index contributed by atoms with van der Waals surface area (Å²) in [4.78, 5) is 26.5. The second-order valence-electron chi connectivity index (χ2n) is 6.39. The summed E-state index contributed by atoms with van der Waals surface area (Å²) in [5.74, 6) is -0.489. The Bertz CT molecular complexity index is 844. The molecule has 27 heavy (non-hydrogen) atoms. The van der Waals surface area contributed by atoms with Gasteiger partial charge in [-0.05, 0) is 19.1 Å². The summed E-state index contributed by atoms with van der Waals surface area (Å²) in [6.07, 6.45) is 1.15. The minimum atomic E-state index is -0.518. The number of hydrogen-bond donors (Lipinski definition) is 0. The maximum atomic E-state index is 13.9. The fraction of sp³-hybridized carbons (Fsp3) is 0.412. The molecule has 0 N–H and O–H groups in total. The predicted octanol–water partition coefficient (Wildman–Crippen LogP) is 2.24. The molecule has 0 unspecified atom stereocenters. The number of piperazine rings is 1. The van der Waals surface area contributed by atoms with E-state index in [1.807, 2.05) is 4.90 Å². The molecular weight excluding hydrogens is 377 g/mol. The number of benzene rings is 1. The number of halogens is 2. The van der Waals surface area contributed by atoms with E-state index in [2.05, 4.69) is 5.10 Å². The van der Waals surface area contributed by atoms with Crippen molar-refractivity contribution in [3.05, 3.63) is 56.6 Å². The maximum Gasteiger partial charge on any atom is 0.309 e. The second kappa shape index (κ2) is 8.01. The summed E-state index contributed by atoms with van der Waals surface area (Å²) in [6, 6.07) is 4.61. The molecule has 1 amide bonds. The molecule has 10 heteroatoms. The lowest BCUT2D eigenvalue weighted by molar-refractivity contribution is -0.385. The van der Waals surface area contributed by atoms with E-state index in [4.69, 9.17) is 11.6 Å². The van der Waals surface area contributed by atoms with Crippen molar-refractivity contribution in [2.24, 2.45) is 0 Å². The summed E-state index contributed by atoms with van der Waals surface area (Å²) < 4.78 is 15.3. The molecule has 3 rings (SSSR count). The number of carbonyl (C=O) groups is 1. The third-order valence-electron chi connectivity index (χ3n) is 4.73. The van der Waals surface area contributed by atoms with Gasteiger partial charge in [-0.25, -0.2) is 4.39 Å². The van der Waals surface area contributed by atoms with E-state index in [9.17, 15) is 19.3 Å². The Balaban J connectivity index is 1.56. The molecule has 0 bridgehead atoms. The van der Waals surface area contributed by atoms with Crippen LogP contribution in [0.4, 0.5) is 10.1 Å². The van der Waals surface area contributed by atoms with Crippen LogP contribution in [0.3, 0.4) is 0 Å². The molecule has 144 valence electrons. The number of aromatic nitrogens is 2. The van der Waals surface area contributed by atoms with Gasteiger partial charge in [-0.2, -0.15) is 5.10 Å². The van der Waals surface area contributed by atoms with Crippen molar-refractivity contribution in [1.29, 1.82) is 0 Å². The van der Waals surface area contributed by atoms with Gasteiger partial charge in [0.1, 0.15) is 24.3 Å². The lowest BCUT2D eigenvalue weighted by atomic mass is 10.2. The lowest BCUT2D eigenvalue weighted by Crippen LogP contribution is -2.49. The molecule has 0 aliphatic carbocycles. The van der Waals surface area contributed by atoms with Gasteiger partial charge in [0.25, 0.3) is 0 Å². The van der Waals surface area contributed by atoms with Crippen LogP contribution in [0.5, 0.6) is 0 Å². The van der Waals surface area contributed by atoms with Gasteiger partial charge in [-0.15, -0.1) is 0 Å². The molecule has 2 aromatic rings. The first-order valence-corrected chi connectivity index (χ1v) is 8.84. The van der Waals surface area contributed by atoms with E-state index in [-0.39, 0.29) is 24.0 Å². The third-order valence-corrected chi connectivity index (χ3v) is 5.08. The predicted molar refractivity (Wildman–Crippen MR) is 96.9 cm³/mol. The summed E-state index contributed by atoms with van der Waals surface area (Å²) in [7, 11) is 0. The SMILES string of the molecule is Cc1c([N+](=O)[O-])cnn1CC(=O)N1CCN(Cc2c(F)cccc2Cl)CC1. The van der Waals surface area contributed by atoms with Crippen LogP contribution in [0.1, 0.15) is 11.3 Å². The van der Waals surface area contributed by atoms with Crippen LogP contribution in [0, 0.1) is 22.9 Å². The normalized spacial score (nSPS) is 15.1. The van der Waals surface area contributed by atoms with Crippen molar-refractivity contribution in [3.8, 4) is 0 Å². The first kappa shape index (κ1) is 19.2. The van der Waals surface area contributed by atoms with E-state index in [1.165, 1.54) is 10.7 Å². The Labute approximate surface area is 160 Å². The van der Waals surface area contributed by atoms with Crippen LogP contribution >= 0.6 is 11.6 Å². The molecule has 1 fully saturated rings. The van der Waals surface area contributed by atoms with Gasteiger partial charge in [0.15, 0.2) is 0 Å². The highest BCUT2D eigenvalue weighted by atomic mass is 35.5. The molecule has 0 radical (unpaired) electrons. The van der Waals surface area contributed by atoms with Crippen molar-refractivity contribution >= 4 is 23.2 Å². The van der Waals surface area contributed by atoms with Crippen LogP contribution in [0.2, 0.25) is 5.02 Å². The average molecular weight is 396 g/mol. The second-order valence-corrected chi connectivity index (χ2v) is 6.79. The number of carbonyl (C=O) groups excluding carboxylic acids is 1. The van der Waals surface area contributed by atoms with Gasteiger partial charge < -0.3 is 4.90 Å². The Morgan fingerprint density at radius 1 is 1.33 bits per heavy atom. The highest BCUT2D eigenvalue weighted by Gasteiger charge is 2.24. The van der Waals surface area contributed by atoms with Crippen LogP contribution in [-0.4, -0.2) is 56.6 Å². The van der Waals surface area contributed by atoms with Crippen molar-refractivity contribution in [2.75, 3.05) is 26.2 Å². The zero-order valence-corrected chi connectivity index (χ0v) is 15.5. The number of amides is 1. The highest BCUT2D eigenvalue weighted by Crippen LogP contribution is 2.21. The monoisotopic (exact) mass is 395 g/mol. The van der Waals surface area contributed by atoms with Gasteiger partial charge in [0.2, 0.25) is 5.91 Å².